The van der Waals surface area contributed by atoms with E-state index in [-0.39, 0.29) is 28.7 Å². The number of nitrogens with zero attached hydrogens (tertiary/aromatic N) is 4. The Balaban J connectivity index is 1.58. The van der Waals surface area contributed by atoms with Crippen molar-refractivity contribution in [3.8, 4) is 5.75 Å². The van der Waals surface area contributed by atoms with Crippen LogP contribution in [0.1, 0.15) is 22.3 Å². The second-order valence-electron chi connectivity index (χ2n) is 8.50. The lowest BCUT2D eigenvalue weighted by Crippen LogP contribution is -2.07. The van der Waals surface area contributed by atoms with Gasteiger partial charge in [0.05, 0.1) is 36.4 Å². The van der Waals surface area contributed by atoms with Gasteiger partial charge in [-0.1, -0.05) is 12.1 Å². The molecule has 1 heterocycles. The van der Waals surface area contributed by atoms with Crippen molar-refractivity contribution in [2.45, 2.75) is 12.4 Å². The van der Waals surface area contributed by atoms with Crippen molar-refractivity contribution in [2.75, 3.05) is 23.3 Å². The smallest absolute Gasteiger partial charge is 0.416 e. The van der Waals surface area contributed by atoms with Crippen LogP contribution in [0.4, 0.5) is 58.4 Å². The van der Waals surface area contributed by atoms with Crippen molar-refractivity contribution in [2.24, 2.45) is 10.2 Å². The fourth-order valence-corrected chi connectivity index (χ4v) is 3.45. The predicted molar refractivity (Wildman–Crippen MR) is 144 cm³/mol. The van der Waals surface area contributed by atoms with Crippen molar-refractivity contribution < 1.29 is 39.9 Å². The number of hydrogen-bond donors (Lipinski definition) is 3. The highest BCUT2D eigenvalue weighted by Gasteiger charge is 2.31. The van der Waals surface area contributed by atoms with Crippen LogP contribution in [0.3, 0.4) is 0 Å². The number of halogens is 8. The second kappa shape index (κ2) is 12.7. The van der Waals surface area contributed by atoms with Crippen LogP contribution in [-0.2, 0) is 12.4 Å². The van der Waals surface area contributed by atoms with E-state index in [0.29, 0.717) is 35.7 Å². The van der Waals surface area contributed by atoms with Crippen LogP contribution in [-0.4, -0.2) is 29.5 Å². The topological polar surface area (TPSA) is 95.8 Å². The van der Waals surface area contributed by atoms with Gasteiger partial charge in [-0.15, -0.1) is 0 Å². The number of ether oxygens (including phenoxy) is 1. The van der Waals surface area contributed by atoms with Crippen molar-refractivity contribution in [3.05, 3.63) is 101 Å². The van der Waals surface area contributed by atoms with Crippen LogP contribution in [0.25, 0.3) is 0 Å². The van der Waals surface area contributed by atoms with Crippen LogP contribution in [0.15, 0.2) is 76.9 Å². The minimum Gasteiger partial charge on any atom is -0.495 e. The molecular formula is C27H19F8N7O. The summed E-state index contributed by atoms with van der Waals surface area (Å²) in [4.78, 5) is 8.31. The number of rotatable bonds is 9. The number of benzene rings is 3. The molecule has 0 spiro atoms. The summed E-state index contributed by atoms with van der Waals surface area (Å²) in [6.45, 7) is 0. The number of anilines is 4. The maximum absolute atomic E-state index is 14.2. The fraction of sp³-hybridized carbons (Fsp3) is 0.111. The van der Waals surface area contributed by atoms with Gasteiger partial charge in [0, 0.05) is 17.2 Å². The molecule has 0 radical (unpaired) electrons. The molecule has 0 saturated heterocycles. The Morgan fingerprint density at radius 1 is 0.698 bits per heavy atom. The summed E-state index contributed by atoms with van der Waals surface area (Å²) in [5.74, 6) is -1.92. The summed E-state index contributed by atoms with van der Waals surface area (Å²) < 4.78 is 110. The maximum Gasteiger partial charge on any atom is 0.416 e. The van der Waals surface area contributed by atoms with Gasteiger partial charge in [-0.3, -0.25) is 5.43 Å². The SMILES string of the molecule is COc1ccccc1Nc1cc(NN=Cc2ccc(C(F)(F)F)cc2F)nc(NN=Cc2ccc(C(F)(F)F)cc2F)n1. The number of hydrogen-bond acceptors (Lipinski definition) is 8. The van der Waals surface area contributed by atoms with E-state index in [1.807, 2.05) is 0 Å². The van der Waals surface area contributed by atoms with E-state index in [0.717, 1.165) is 24.6 Å². The first-order valence-corrected chi connectivity index (χ1v) is 11.9. The molecule has 0 aliphatic rings. The quantitative estimate of drug-likeness (QED) is 0.104. The molecule has 8 nitrogen and oxygen atoms in total. The van der Waals surface area contributed by atoms with Crippen molar-refractivity contribution in [1.29, 1.82) is 0 Å². The third-order valence-electron chi connectivity index (χ3n) is 5.50. The first-order chi connectivity index (χ1) is 20.3. The average Bonchev–Trinajstić information content (AvgIpc) is 2.94. The fourth-order valence-electron chi connectivity index (χ4n) is 3.45. The lowest BCUT2D eigenvalue weighted by atomic mass is 10.1. The summed E-state index contributed by atoms with van der Waals surface area (Å²) in [5.41, 5.74) is 2.58. The van der Waals surface area contributed by atoms with Crippen LogP contribution >= 0.6 is 0 Å². The Bertz CT molecular complexity index is 1560. The molecule has 0 amide bonds. The van der Waals surface area contributed by atoms with Gasteiger partial charge in [-0.2, -0.15) is 46.5 Å². The molecule has 3 N–H and O–H groups in total. The zero-order valence-corrected chi connectivity index (χ0v) is 21.7. The van der Waals surface area contributed by atoms with Gasteiger partial charge in [-0.25, -0.2) is 14.2 Å². The number of aromatic nitrogens is 2. The third kappa shape index (κ3) is 8.15. The van der Waals surface area contributed by atoms with Crippen molar-refractivity contribution >= 4 is 35.7 Å². The van der Waals surface area contributed by atoms with E-state index >= 15 is 0 Å². The molecule has 0 aliphatic heterocycles. The Labute approximate surface area is 238 Å². The molecule has 3 aromatic carbocycles. The number of methoxy groups -OCH3 is 1. The van der Waals surface area contributed by atoms with Gasteiger partial charge in [0.15, 0.2) is 5.82 Å². The summed E-state index contributed by atoms with van der Waals surface area (Å²) in [5, 5.41) is 10.6. The second-order valence-corrected chi connectivity index (χ2v) is 8.50. The zero-order chi connectivity index (χ0) is 31.2. The molecule has 224 valence electrons. The molecule has 0 saturated carbocycles. The van der Waals surface area contributed by atoms with Gasteiger partial charge in [-0.05, 0) is 48.5 Å². The number of para-hydroxylation sites is 2. The number of hydrazone groups is 2. The maximum atomic E-state index is 14.2. The first-order valence-electron chi connectivity index (χ1n) is 11.9. The van der Waals surface area contributed by atoms with E-state index in [2.05, 4.69) is 36.3 Å². The third-order valence-corrected chi connectivity index (χ3v) is 5.50. The molecule has 0 atom stereocenters. The minimum atomic E-state index is -4.72. The van der Waals surface area contributed by atoms with Gasteiger partial charge in [0.2, 0.25) is 5.95 Å². The lowest BCUT2D eigenvalue weighted by molar-refractivity contribution is -0.138. The molecule has 4 rings (SSSR count). The summed E-state index contributed by atoms with van der Waals surface area (Å²) in [6, 6.07) is 12.0. The molecule has 0 unspecified atom stereocenters. The molecule has 0 aliphatic carbocycles. The van der Waals surface area contributed by atoms with Crippen molar-refractivity contribution in [3.63, 3.8) is 0 Å². The largest absolute Gasteiger partial charge is 0.495 e. The normalized spacial score (nSPS) is 12.1. The van der Waals surface area contributed by atoms with Crippen LogP contribution in [0, 0.1) is 11.6 Å². The molecule has 4 aromatic rings. The van der Waals surface area contributed by atoms with Crippen LogP contribution in [0.2, 0.25) is 0 Å². The lowest BCUT2D eigenvalue weighted by Gasteiger charge is -2.12. The Morgan fingerprint density at radius 3 is 1.77 bits per heavy atom. The monoisotopic (exact) mass is 609 g/mol. The zero-order valence-electron chi connectivity index (χ0n) is 21.7. The first kappa shape index (κ1) is 30.7. The van der Waals surface area contributed by atoms with Gasteiger partial charge in [0.1, 0.15) is 23.2 Å². The highest BCUT2D eigenvalue weighted by atomic mass is 19.4. The highest BCUT2D eigenvalue weighted by molar-refractivity contribution is 5.81. The van der Waals surface area contributed by atoms with E-state index in [9.17, 15) is 35.1 Å². The van der Waals surface area contributed by atoms with Crippen LogP contribution < -0.4 is 20.9 Å². The Kier molecular flexibility index (Phi) is 9.06. The molecule has 43 heavy (non-hydrogen) atoms. The predicted octanol–water partition coefficient (Wildman–Crippen LogP) is 7.44. The summed E-state index contributed by atoms with van der Waals surface area (Å²) in [6.07, 6.45) is -7.59. The van der Waals surface area contributed by atoms with E-state index < -0.39 is 35.1 Å². The van der Waals surface area contributed by atoms with Gasteiger partial charge in [0.25, 0.3) is 0 Å². The molecule has 16 heteroatoms. The van der Waals surface area contributed by atoms with Crippen molar-refractivity contribution in [1.82, 2.24) is 9.97 Å². The van der Waals surface area contributed by atoms with Gasteiger partial charge >= 0.3 is 12.4 Å². The molecular weight excluding hydrogens is 590 g/mol. The molecule has 0 bridgehead atoms. The number of alkyl halides is 6. The highest BCUT2D eigenvalue weighted by Crippen LogP contribution is 2.31. The Hall–Kier alpha value is -5.28. The summed E-state index contributed by atoms with van der Waals surface area (Å²) >= 11 is 0. The van der Waals surface area contributed by atoms with Gasteiger partial charge < -0.3 is 10.1 Å². The summed E-state index contributed by atoms with van der Waals surface area (Å²) in [7, 11) is 1.45. The Morgan fingerprint density at radius 2 is 1.23 bits per heavy atom. The van der Waals surface area contributed by atoms with Crippen LogP contribution in [0.5, 0.6) is 5.75 Å². The standard InChI is InChI=1S/C27H19F8N7O/c1-43-22-5-3-2-4-21(22)38-23-12-24(41-36-13-15-6-8-17(10-19(15)28)26(30,31)32)40-25(39-23)42-37-14-16-7-9-18(11-20(16)29)27(33,34)35/h2-14H,1H3,(H3,38,39,40,41,42). The molecule has 1 aromatic heterocycles. The van der Waals surface area contributed by atoms with E-state index in [1.165, 1.54) is 13.2 Å². The molecule has 0 fully saturated rings. The van der Waals surface area contributed by atoms with E-state index in [1.54, 1.807) is 24.3 Å². The van der Waals surface area contributed by atoms with E-state index in [4.69, 9.17) is 4.74 Å². The number of nitrogens with one attached hydrogen (secondary N) is 3. The average molecular weight is 609 g/mol. The minimum absolute atomic E-state index is 0.00521.